The van der Waals surface area contributed by atoms with E-state index in [1.807, 2.05) is 13.8 Å². The molecule has 0 saturated heterocycles. The Kier molecular flexibility index (Phi) is 4.81. The highest BCUT2D eigenvalue weighted by Gasteiger charge is 2.29. The lowest BCUT2D eigenvalue weighted by Gasteiger charge is -2.25. The number of nitrogens with one attached hydrogen (secondary N) is 1. The number of nitrogens with zero attached hydrogens (tertiary/aromatic N) is 3. The van der Waals surface area contributed by atoms with E-state index in [1.165, 1.54) is 18.3 Å². The number of aryl methyl sites for hydroxylation is 1. The van der Waals surface area contributed by atoms with Crippen molar-refractivity contribution in [2.45, 2.75) is 25.6 Å². The van der Waals surface area contributed by atoms with Gasteiger partial charge in [0, 0.05) is 31.1 Å². The highest BCUT2D eigenvalue weighted by molar-refractivity contribution is 5.94. The van der Waals surface area contributed by atoms with Crippen molar-refractivity contribution in [3.63, 3.8) is 0 Å². The molecule has 0 spiro atoms. The van der Waals surface area contributed by atoms with Crippen molar-refractivity contribution < 1.29 is 22.7 Å². The van der Waals surface area contributed by atoms with Crippen LogP contribution in [0.1, 0.15) is 29.8 Å². The Balaban J connectivity index is 2.02. The third kappa shape index (κ3) is 4.71. The average molecular weight is 342 g/mol. The van der Waals surface area contributed by atoms with Crippen LogP contribution in [-0.4, -0.2) is 33.5 Å². The van der Waals surface area contributed by atoms with E-state index in [9.17, 15) is 18.0 Å². The molecule has 24 heavy (non-hydrogen) atoms. The largest absolute Gasteiger partial charge is 0.468 e. The average Bonchev–Trinajstić information content (AvgIpc) is 2.92. The minimum absolute atomic E-state index is 0.199. The molecule has 130 valence electrons. The number of pyridine rings is 1. The van der Waals surface area contributed by atoms with Crippen molar-refractivity contribution >= 4 is 5.91 Å². The van der Waals surface area contributed by atoms with Crippen LogP contribution in [0.4, 0.5) is 13.2 Å². The van der Waals surface area contributed by atoms with Crippen molar-refractivity contribution in [1.29, 1.82) is 0 Å². The first kappa shape index (κ1) is 17.8. The molecule has 0 atom stereocenters. The molecule has 2 aromatic heterocycles. The number of hydrogen-bond acceptors (Lipinski definition) is 4. The van der Waals surface area contributed by atoms with Crippen LogP contribution in [0.25, 0.3) is 0 Å². The Morgan fingerprint density at radius 1 is 1.29 bits per heavy atom. The fraction of sp³-hybridized carbons (Fsp3) is 0.400. The second kappa shape index (κ2) is 6.50. The van der Waals surface area contributed by atoms with Crippen LogP contribution < -0.4 is 10.1 Å². The zero-order valence-corrected chi connectivity index (χ0v) is 13.4. The van der Waals surface area contributed by atoms with Crippen molar-refractivity contribution in [2.24, 2.45) is 7.05 Å². The van der Waals surface area contributed by atoms with E-state index in [0.717, 1.165) is 5.56 Å². The van der Waals surface area contributed by atoms with Gasteiger partial charge in [-0.05, 0) is 19.9 Å². The first-order valence-corrected chi connectivity index (χ1v) is 7.04. The van der Waals surface area contributed by atoms with Gasteiger partial charge < -0.3 is 10.1 Å². The van der Waals surface area contributed by atoms with Crippen molar-refractivity contribution in [2.75, 3.05) is 6.61 Å². The van der Waals surface area contributed by atoms with Gasteiger partial charge in [-0.15, -0.1) is 0 Å². The van der Waals surface area contributed by atoms with Crippen LogP contribution in [0.2, 0.25) is 0 Å². The summed E-state index contributed by atoms with van der Waals surface area (Å²) in [4.78, 5) is 16.0. The van der Waals surface area contributed by atoms with Crippen LogP contribution in [0, 0.1) is 0 Å². The van der Waals surface area contributed by atoms with Gasteiger partial charge in [-0.25, -0.2) is 4.98 Å². The molecule has 9 heteroatoms. The van der Waals surface area contributed by atoms with Crippen LogP contribution in [0.15, 0.2) is 30.7 Å². The van der Waals surface area contributed by atoms with E-state index in [2.05, 4.69) is 20.1 Å². The molecule has 0 fully saturated rings. The van der Waals surface area contributed by atoms with Crippen molar-refractivity contribution in [3.05, 3.63) is 41.9 Å². The molecule has 0 bridgehead atoms. The maximum absolute atomic E-state index is 12.3. The van der Waals surface area contributed by atoms with E-state index in [0.29, 0.717) is 0 Å². The normalized spacial score (nSPS) is 12.1. The highest BCUT2D eigenvalue weighted by Crippen LogP contribution is 2.20. The third-order valence-electron chi connectivity index (χ3n) is 3.23. The predicted molar refractivity (Wildman–Crippen MR) is 79.5 cm³/mol. The molecule has 0 unspecified atom stereocenters. The summed E-state index contributed by atoms with van der Waals surface area (Å²) in [5.74, 6) is -0.603. The SMILES string of the molecule is Cn1cc(C(C)(C)NC(=O)c2ccc(OCC(F)(F)F)nc2)cn1. The monoisotopic (exact) mass is 342 g/mol. The number of halogens is 3. The fourth-order valence-electron chi connectivity index (χ4n) is 1.93. The molecule has 2 aromatic rings. The van der Waals surface area contributed by atoms with Gasteiger partial charge in [-0.2, -0.15) is 18.3 Å². The van der Waals surface area contributed by atoms with Gasteiger partial charge in [0.1, 0.15) is 0 Å². The van der Waals surface area contributed by atoms with E-state index in [4.69, 9.17) is 0 Å². The lowest BCUT2D eigenvalue weighted by molar-refractivity contribution is -0.154. The molecule has 1 amide bonds. The first-order valence-electron chi connectivity index (χ1n) is 7.04. The molecule has 0 aliphatic carbocycles. The molecule has 2 heterocycles. The summed E-state index contributed by atoms with van der Waals surface area (Å²) >= 11 is 0. The number of alkyl halides is 3. The Bertz CT molecular complexity index is 708. The van der Waals surface area contributed by atoms with E-state index in [1.54, 1.807) is 24.1 Å². The molecular formula is C15H17F3N4O2. The summed E-state index contributed by atoms with van der Waals surface area (Å²) in [5.41, 5.74) is 0.360. The van der Waals surface area contributed by atoms with Crippen LogP contribution in [0.3, 0.4) is 0 Å². The number of aromatic nitrogens is 3. The summed E-state index contributed by atoms with van der Waals surface area (Å²) in [7, 11) is 1.77. The quantitative estimate of drug-likeness (QED) is 0.906. The van der Waals surface area contributed by atoms with Gasteiger partial charge in [-0.1, -0.05) is 0 Å². The molecule has 6 nitrogen and oxygen atoms in total. The fourth-order valence-corrected chi connectivity index (χ4v) is 1.93. The Labute approximate surface area is 136 Å². The lowest BCUT2D eigenvalue weighted by atomic mass is 9.97. The van der Waals surface area contributed by atoms with Crippen molar-refractivity contribution in [1.82, 2.24) is 20.1 Å². The van der Waals surface area contributed by atoms with E-state index in [-0.39, 0.29) is 11.4 Å². The van der Waals surface area contributed by atoms with Crippen LogP contribution in [-0.2, 0) is 12.6 Å². The van der Waals surface area contributed by atoms with Gasteiger partial charge >= 0.3 is 6.18 Å². The number of ether oxygens (including phenoxy) is 1. The van der Waals surface area contributed by atoms with Crippen LogP contribution >= 0.6 is 0 Å². The molecule has 0 radical (unpaired) electrons. The summed E-state index contributed by atoms with van der Waals surface area (Å²) in [6.45, 7) is 2.20. The van der Waals surface area contributed by atoms with E-state index < -0.39 is 24.2 Å². The van der Waals surface area contributed by atoms with Gasteiger partial charge in [0.2, 0.25) is 5.88 Å². The molecular weight excluding hydrogens is 325 g/mol. The van der Waals surface area contributed by atoms with Crippen molar-refractivity contribution in [3.8, 4) is 5.88 Å². The molecule has 1 N–H and O–H groups in total. The van der Waals surface area contributed by atoms with Gasteiger partial charge in [0.25, 0.3) is 5.91 Å². The second-order valence-corrected chi connectivity index (χ2v) is 5.77. The topological polar surface area (TPSA) is 69.0 Å². The maximum Gasteiger partial charge on any atom is 0.422 e. The Morgan fingerprint density at radius 2 is 2.00 bits per heavy atom. The van der Waals surface area contributed by atoms with Gasteiger partial charge in [0.05, 0.1) is 17.3 Å². The number of amides is 1. The first-order chi connectivity index (χ1) is 11.1. The van der Waals surface area contributed by atoms with Gasteiger partial charge in [0.15, 0.2) is 6.61 Å². The minimum Gasteiger partial charge on any atom is -0.468 e. The third-order valence-corrected chi connectivity index (χ3v) is 3.23. The predicted octanol–water partition coefficient (Wildman–Crippen LogP) is 2.42. The highest BCUT2D eigenvalue weighted by atomic mass is 19.4. The smallest absolute Gasteiger partial charge is 0.422 e. The molecule has 2 rings (SSSR count). The molecule has 0 saturated carbocycles. The zero-order valence-electron chi connectivity index (χ0n) is 13.4. The minimum atomic E-state index is -4.44. The summed E-state index contributed by atoms with van der Waals surface area (Å²) in [6, 6.07) is 2.57. The summed E-state index contributed by atoms with van der Waals surface area (Å²) in [5, 5.41) is 6.88. The Morgan fingerprint density at radius 3 is 2.50 bits per heavy atom. The second-order valence-electron chi connectivity index (χ2n) is 5.77. The van der Waals surface area contributed by atoms with Gasteiger partial charge in [-0.3, -0.25) is 9.48 Å². The molecule has 0 aliphatic heterocycles. The number of rotatable bonds is 5. The maximum atomic E-state index is 12.3. The lowest BCUT2D eigenvalue weighted by Crippen LogP contribution is -2.40. The zero-order chi connectivity index (χ0) is 18.0. The van der Waals surface area contributed by atoms with Crippen LogP contribution in [0.5, 0.6) is 5.88 Å². The summed E-state index contributed by atoms with van der Waals surface area (Å²) in [6.07, 6.45) is 0.158. The number of carbonyl (C=O) groups is 1. The molecule has 0 aliphatic rings. The standard InChI is InChI=1S/C15H17F3N4O2/c1-14(2,11-7-20-22(3)8-11)21-13(23)10-4-5-12(19-6-10)24-9-15(16,17)18/h4-8H,9H2,1-3H3,(H,21,23). The number of carbonyl (C=O) groups excluding carboxylic acids is 1. The number of hydrogen-bond donors (Lipinski definition) is 1. The summed E-state index contributed by atoms with van der Waals surface area (Å²) < 4.78 is 42.3. The molecule has 0 aromatic carbocycles. The van der Waals surface area contributed by atoms with E-state index >= 15 is 0 Å². The Hall–Kier alpha value is -2.58.